The summed E-state index contributed by atoms with van der Waals surface area (Å²) in [7, 11) is 0. The first-order valence-electron chi connectivity index (χ1n) is 5.15. The summed E-state index contributed by atoms with van der Waals surface area (Å²) in [6, 6.07) is 7.57. The van der Waals surface area contributed by atoms with Crippen LogP contribution in [0.4, 0.5) is 13.2 Å². The van der Waals surface area contributed by atoms with Crippen LogP contribution in [0.5, 0.6) is 0 Å². The smallest absolute Gasteiger partial charge is 0.194 e. The highest BCUT2D eigenvalue weighted by Crippen LogP contribution is 2.29. The normalized spacial score (nSPS) is 12.5. The maximum Gasteiger partial charge on any atom is 0.194 e. The van der Waals surface area contributed by atoms with E-state index in [4.69, 9.17) is 17.3 Å². The molecule has 0 heterocycles. The molecule has 0 amide bonds. The first kappa shape index (κ1) is 12.9. The SMILES string of the molecule is NC(c1ccccc1Cl)c1ccc(F)c(F)c1F. The van der Waals surface area contributed by atoms with Gasteiger partial charge in [-0.15, -0.1) is 0 Å². The predicted molar refractivity (Wildman–Crippen MR) is 63.8 cm³/mol. The summed E-state index contributed by atoms with van der Waals surface area (Å²) >= 11 is 5.92. The molecule has 2 aromatic rings. The van der Waals surface area contributed by atoms with Gasteiger partial charge in [0, 0.05) is 10.6 Å². The average molecular weight is 272 g/mol. The average Bonchev–Trinajstić information content (AvgIpc) is 2.36. The van der Waals surface area contributed by atoms with Crippen molar-refractivity contribution in [2.24, 2.45) is 5.73 Å². The van der Waals surface area contributed by atoms with Crippen molar-refractivity contribution in [3.8, 4) is 0 Å². The zero-order valence-electron chi connectivity index (χ0n) is 9.13. The van der Waals surface area contributed by atoms with Crippen LogP contribution in [-0.4, -0.2) is 0 Å². The van der Waals surface area contributed by atoms with E-state index in [9.17, 15) is 13.2 Å². The lowest BCUT2D eigenvalue weighted by Gasteiger charge is -2.15. The molecule has 0 aliphatic carbocycles. The molecule has 1 unspecified atom stereocenters. The van der Waals surface area contributed by atoms with E-state index in [1.807, 2.05) is 0 Å². The minimum atomic E-state index is -1.53. The molecule has 18 heavy (non-hydrogen) atoms. The number of rotatable bonds is 2. The second-order valence-corrected chi connectivity index (χ2v) is 4.17. The molecule has 2 N–H and O–H groups in total. The lowest BCUT2D eigenvalue weighted by atomic mass is 9.99. The van der Waals surface area contributed by atoms with Crippen molar-refractivity contribution in [2.45, 2.75) is 6.04 Å². The minimum Gasteiger partial charge on any atom is -0.320 e. The van der Waals surface area contributed by atoms with Gasteiger partial charge in [0.05, 0.1) is 6.04 Å². The Morgan fingerprint density at radius 2 is 1.56 bits per heavy atom. The van der Waals surface area contributed by atoms with E-state index in [-0.39, 0.29) is 5.56 Å². The Kier molecular flexibility index (Phi) is 3.59. The molecular weight excluding hydrogens is 263 g/mol. The Morgan fingerprint density at radius 1 is 0.889 bits per heavy atom. The van der Waals surface area contributed by atoms with Crippen LogP contribution in [0.1, 0.15) is 17.2 Å². The van der Waals surface area contributed by atoms with Gasteiger partial charge in [0.15, 0.2) is 17.5 Å². The first-order chi connectivity index (χ1) is 8.52. The van der Waals surface area contributed by atoms with Gasteiger partial charge in [-0.05, 0) is 17.7 Å². The first-order valence-corrected chi connectivity index (χ1v) is 5.53. The molecule has 0 aliphatic heterocycles. The van der Waals surface area contributed by atoms with Crippen molar-refractivity contribution in [3.63, 3.8) is 0 Å². The van der Waals surface area contributed by atoms with Gasteiger partial charge >= 0.3 is 0 Å². The Balaban J connectivity index is 2.50. The molecule has 0 saturated heterocycles. The van der Waals surface area contributed by atoms with Gasteiger partial charge in [-0.2, -0.15) is 0 Å². The van der Waals surface area contributed by atoms with Crippen molar-refractivity contribution in [3.05, 3.63) is 70.0 Å². The van der Waals surface area contributed by atoms with Gasteiger partial charge in [-0.1, -0.05) is 35.9 Å². The number of hydrogen-bond acceptors (Lipinski definition) is 1. The van der Waals surface area contributed by atoms with Crippen molar-refractivity contribution in [2.75, 3.05) is 0 Å². The maximum absolute atomic E-state index is 13.6. The second kappa shape index (κ2) is 5.00. The fourth-order valence-electron chi connectivity index (χ4n) is 1.68. The van der Waals surface area contributed by atoms with E-state index in [1.54, 1.807) is 24.3 Å². The molecule has 2 rings (SSSR count). The zero-order valence-corrected chi connectivity index (χ0v) is 9.89. The van der Waals surface area contributed by atoms with Gasteiger partial charge in [0.25, 0.3) is 0 Å². The zero-order chi connectivity index (χ0) is 13.3. The van der Waals surface area contributed by atoms with Crippen LogP contribution in [0.3, 0.4) is 0 Å². The van der Waals surface area contributed by atoms with Crippen LogP contribution in [-0.2, 0) is 0 Å². The second-order valence-electron chi connectivity index (χ2n) is 3.76. The molecular formula is C13H9ClF3N. The molecule has 94 valence electrons. The Morgan fingerprint density at radius 3 is 2.22 bits per heavy atom. The van der Waals surface area contributed by atoms with Gasteiger partial charge in [0.1, 0.15) is 0 Å². The molecule has 2 aromatic carbocycles. The van der Waals surface area contributed by atoms with Crippen molar-refractivity contribution in [1.82, 2.24) is 0 Å². The Labute approximate surface area is 107 Å². The van der Waals surface area contributed by atoms with E-state index >= 15 is 0 Å². The van der Waals surface area contributed by atoms with E-state index in [0.717, 1.165) is 12.1 Å². The third-order valence-corrected chi connectivity index (χ3v) is 2.98. The predicted octanol–water partition coefficient (Wildman–Crippen LogP) is 3.81. The van der Waals surface area contributed by atoms with E-state index in [1.165, 1.54) is 0 Å². The van der Waals surface area contributed by atoms with Crippen LogP contribution in [0.25, 0.3) is 0 Å². The molecule has 1 atom stereocenters. The molecule has 1 nitrogen and oxygen atoms in total. The largest absolute Gasteiger partial charge is 0.320 e. The molecule has 0 bridgehead atoms. The van der Waals surface area contributed by atoms with Crippen LogP contribution in [0.15, 0.2) is 36.4 Å². The van der Waals surface area contributed by atoms with Crippen LogP contribution in [0, 0.1) is 17.5 Å². The van der Waals surface area contributed by atoms with Gasteiger partial charge < -0.3 is 5.73 Å². The van der Waals surface area contributed by atoms with Crippen LogP contribution < -0.4 is 5.73 Å². The minimum absolute atomic E-state index is 0.137. The quantitative estimate of drug-likeness (QED) is 0.826. The molecule has 0 saturated carbocycles. The summed E-state index contributed by atoms with van der Waals surface area (Å²) in [5, 5.41) is 0.342. The topological polar surface area (TPSA) is 26.0 Å². The molecule has 0 aromatic heterocycles. The van der Waals surface area contributed by atoms with Crippen LogP contribution in [0.2, 0.25) is 5.02 Å². The lowest BCUT2D eigenvalue weighted by molar-refractivity contribution is 0.438. The van der Waals surface area contributed by atoms with Crippen molar-refractivity contribution in [1.29, 1.82) is 0 Å². The number of halogens is 4. The summed E-state index contributed by atoms with van der Waals surface area (Å²) in [5.74, 6) is -4.07. The molecule has 5 heteroatoms. The van der Waals surface area contributed by atoms with Gasteiger partial charge in [-0.3, -0.25) is 0 Å². The summed E-state index contributed by atoms with van der Waals surface area (Å²) in [4.78, 5) is 0. The lowest BCUT2D eigenvalue weighted by Crippen LogP contribution is -2.15. The molecule has 0 aliphatic rings. The summed E-state index contributed by atoms with van der Waals surface area (Å²) in [6.07, 6.45) is 0. The van der Waals surface area contributed by atoms with E-state index in [0.29, 0.717) is 10.6 Å². The van der Waals surface area contributed by atoms with E-state index in [2.05, 4.69) is 0 Å². The summed E-state index contributed by atoms with van der Waals surface area (Å²) in [5.41, 5.74) is 6.13. The standard InChI is InChI=1S/C13H9ClF3N/c14-9-4-2-1-3-7(9)13(18)8-5-6-10(15)12(17)11(8)16/h1-6,13H,18H2. The van der Waals surface area contributed by atoms with Gasteiger partial charge in [-0.25, -0.2) is 13.2 Å². The Bertz CT molecular complexity index is 586. The highest BCUT2D eigenvalue weighted by atomic mass is 35.5. The fraction of sp³-hybridized carbons (Fsp3) is 0.0769. The third kappa shape index (κ3) is 2.21. The molecule has 0 radical (unpaired) electrons. The van der Waals surface area contributed by atoms with Gasteiger partial charge in [0.2, 0.25) is 0 Å². The molecule has 0 spiro atoms. The monoisotopic (exact) mass is 271 g/mol. The fourth-order valence-corrected chi connectivity index (χ4v) is 1.93. The van der Waals surface area contributed by atoms with Crippen molar-refractivity contribution < 1.29 is 13.2 Å². The maximum atomic E-state index is 13.6. The van der Waals surface area contributed by atoms with Crippen LogP contribution >= 0.6 is 11.6 Å². The third-order valence-electron chi connectivity index (χ3n) is 2.64. The number of benzene rings is 2. The number of nitrogens with two attached hydrogens (primary N) is 1. The Hall–Kier alpha value is -1.52. The summed E-state index contributed by atoms with van der Waals surface area (Å²) in [6.45, 7) is 0. The molecule has 0 fully saturated rings. The van der Waals surface area contributed by atoms with E-state index < -0.39 is 23.5 Å². The highest BCUT2D eigenvalue weighted by molar-refractivity contribution is 6.31. The number of hydrogen-bond donors (Lipinski definition) is 1. The summed E-state index contributed by atoms with van der Waals surface area (Å²) < 4.78 is 39.5. The van der Waals surface area contributed by atoms with Crippen molar-refractivity contribution >= 4 is 11.6 Å². The highest BCUT2D eigenvalue weighted by Gasteiger charge is 2.20.